The highest BCUT2D eigenvalue weighted by Gasteiger charge is 1.94. The molecule has 1 amide bonds. The third-order valence-electron chi connectivity index (χ3n) is 1.64. The van der Waals surface area contributed by atoms with Gasteiger partial charge in [-0.1, -0.05) is 12.8 Å². The van der Waals surface area contributed by atoms with Crippen LogP contribution in [0.3, 0.4) is 0 Å². The van der Waals surface area contributed by atoms with Crippen LogP contribution in [0, 0.1) is 0 Å². The van der Waals surface area contributed by atoms with Crippen molar-refractivity contribution in [1.29, 1.82) is 0 Å². The molecule has 0 aliphatic heterocycles. The van der Waals surface area contributed by atoms with E-state index in [0.29, 0.717) is 0 Å². The van der Waals surface area contributed by atoms with Crippen LogP contribution in [0.15, 0.2) is 0 Å². The summed E-state index contributed by atoms with van der Waals surface area (Å²) < 4.78 is 0. The van der Waals surface area contributed by atoms with Crippen LogP contribution in [0.25, 0.3) is 0 Å². The Morgan fingerprint density at radius 3 is 2.50 bits per heavy atom. The first-order chi connectivity index (χ1) is 5.81. The van der Waals surface area contributed by atoms with Gasteiger partial charge in [-0.15, -0.1) is 0 Å². The fourth-order valence-corrected chi connectivity index (χ4v) is 0.923. The van der Waals surface area contributed by atoms with Crippen LogP contribution in [0.2, 0.25) is 6.32 Å². The lowest BCUT2D eigenvalue weighted by Crippen LogP contribution is -2.23. The van der Waals surface area contributed by atoms with E-state index in [2.05, 4.69) is 5.32 Å². The first-order valence-corrected chi connectivity index (χ1v) is 4.48. The minimum absolute atomic E-state index is 0.0752. The van der Waals surface area contributed by atoms with Crippen molar-refractivity contribution < 1.29 is 4.79 Å². The zero-order valence-electron chi connectivity index (χ0n) is 7.51. The Kier molecular flexibility index (Phi) is 8.23. The largest absolute Gasteiger partial charge is 0.357 e. The second-order valence-electron chi connectivity index (χ2n) is 2.76. The maximum atomic E-state index is 10.6. The van der Waals surface area contributed by atoms with Crippen LogP contribution in [0.1, 0.15) is 25.7 Å². The zero-order chi connectivity index (χ0) is 9.23. The van der Waals surface area contributed by atoms with Gasteiger partial charge in [0.1, 0.15) is 0 Å². The molecule has 0 unspecified atom stereocenters. The molecule has 0 saturated carbocycles. The molecule has 0 fully saturated rings. The second-order valence-corrected chi connectivity index (χ2v) is 2.76. The third kappa shape index (κ3) is 7.60. The van der Waals surface area contributed by atoms with E-state index in [-0.39, 0.29) is 12.2 Å². The van der Waals surface area contributed by atoms with Gasteiger partial charge in [0.05, 0.1) is 7.85 Å². The maximum Gasteiger partial charge on any atom is 0.211 e. The number of carbonyl (C=O) groups excluding carboxylic acids is 1. The number of amides is 1. The summed E-state index contributed by atoms with van der Waals surface area (Å²) in [6.07, 6.45) is 4.45. The molecule has 4 heteroatoms. The molecule has 0 saturated heterocycles. The van der Waals surface area contributed by atoms with Gasteiger partial charge in [-0.05, 0) is 25.7 Å². The summed E-state index contributed by atoms with van der Waals surface area (Å²) >= 11 is 0. The molecule has 0 bridgehead atoms. The Balaban J connectivity index is 2.95. The normalized spacial score (nSPS) is 9.75. The zero-order valence-corrected chi connectivity index (χ0v) is 7.51. The van der Waals surface area contributed by atoms with Gasteiger partial charge in [0.25, 0.3) is 0 Å². The summed E-state index contributed by atoms with van der Waals surface area (Å²) in [5.41, 5.74) is 5.33. The lowest BCUT2D eigenvalue weighted by Gasteiger charge is -2.02. The molecule has 0 aromatic rings. The van der Waals surface area contributed by atoms with Gasteiger partial charge in [-0.2, -0.15) is 0 Å². The monoisotopic (exact) mass is 168 g/mol. The van der Waals surface area contributed by atoms with Crippen LogP contribution in [-0.2, 0) is 4.79 Å². The third-order valence-corrected chi connectivity index (χ3v) is 1.64. The average molecular weight is 168 g/mol. The van der Waals surface area contributed by atoms with Gasteiger partial charge < -0.3 is 11.1 Å². The van der Waals surface area contributed by atoms with Crippen LogP contribution in [0.5, 0.6) is 0 Å². The summed E-state index contributed by atoms with van der Waals surface area (Å²) in [5, 5.41) is 2.71. The van der Waals surface area contributed by atoms with Gasteiger partial charge >= 0.3 is 0 Å². The molecular weight excluding hydrogens is 151 g/mol. The minimum Gasteiger partial charge on any atom is -0.357 e. The molecule has 3 N–H and O–H groups in total. The molecule has 2 radical (unpaired) electrons. The van der Waals surface area contributed by atoms with E-state index in [0.717, 1.165) is 38.8 Å². The molecule has 68 valence electrons. The first kappa shape index (κ1) is 11.5. The average Bonchev–Trinajstić information content (AvgIpc) is 2.10. The Labute approximate surface area is 75.5 Å². The van der Waals surface area contributed by atoms with Gasteiger partial charge in [-0.3, -0.25) is 4.79 Å². The highest BCUT2D eigenvalue weighted by Crippen LogP contribution is 1.96. The van der Waals surface area contributed by atoms with Crippen molar-refractivity contribution >= 4 is 13.8 Å². The van der Waals surface area contributed by atoms with Crippen molar-refractivity contribution in [3.05, 3.63) is 0 Å². The quantitative estimate of drug-likeness (QED) is 0.421. The van der Waals surface area contributed by atoms with Crippen molar-refractivity contribution in [3.63, 3.8) is 0 Å². The number of hydrogen-bond acceptors (Lipinski definition) is 2. The lowest BCUT2D eigenvalue weighted by molar-refractivity contribution is -0.118. The van der Waals surface area contributed by atoms with Crippen molar-refractivity contribution in [2.75, 3.05) is 13.1 Å². The van der Waals surface area contributed by atoms with E-state index in [1.807, 2.05) is 0 Å². The number of nitrogens with one attached hydrogen (secondary N) is 1. The van der Waals surface area contributed by atoms with E-state index in [4.69, 9.17) is 13.6 Å². The van der Waals surface area contributed by atoms with Crippen LogP contribution in [-0.4, -0.2) is 26.8 Å². The predicted molar refractivity (Wildman–Crippen MR) is 51.1 cm³/mol. The van der Waals surface area contributed by atoms with Crippen LogP contribution >= 0.6 is 0 Å². The molecule has 3 nitrogen and oxygen atoms in total. The highest BCUT2D eigenvalue weighted by atomic mass is 16.1. The van der Waals surface area contributed by atoms with Crippen LogP contribution < -0.4 is 11.1 Å². The molecular formula is C8H17BN2O. The standard InChI is InChI=1S/C8H17BN2O/c9-7-8(12)11-6-4-2-1-3-5-10/h1-7,10H2,(H,11,12). The SMILES string of the molecule is [B]CC(=O)NCCCCCCN. The van der Waals surface area contributed by atoms with Crippen molar-refractivity contribution in [2.45, 2.75) is 32.0 Å². The van der Waals surface area contributed by atoms with Gasteiger partial charge in [0.15, 0.2) is 0 Å². The van der Waals surface area contributed by atoms with Crippen molar-refractivity contribution in [1.82, 2.24) is 5.32 Å². The number of unbranched alkanes of at least 4 members (excludes halogenated alkanes) is 3. The molecule has 0 atom stereocenters. The van der Waals surface area contributed by atoms with Crippen molar-refractivity contribution in [3.8, 4) is 0 Å². The number of hydrogen-bond donors (Lipinski definition) is 2. The summed E-state index contributed by atoms with van der Waals surface area (Å²) in [4.78, 5) is 10.6. The Morgan fingerprint density at radius 2 is 1.92 bits per heavy atom. The van der Waals surface area contributed by atoms with E-state index in [1.165, 1.54) is 0 Å². The first-order valence-electron chi connectivity index (χ1n) is 4.48. The van der Waals surface area contributed by atoms with Gasteiger partial charge in [0.2, 0.25) is 5.91 Å². The van der Waals surface area contributed by atoms with E-state index in [9.17, 15) is 4.79 Å². The fraction of sp³-hybridized carbons (Fsp3) is 0.875. The number of rotatable bonds is 7. The molecule has 0 rings (SSSR count). The highest BCUT2D eigenvalue weighted by molar-refractivity contribution is 6.19. The lowest BCUT2D eigenvalue weighted by atomic mass is 10.1. The fourth-order valence-electron chi connectivity index (χ4n) is 0.923. The predicted octanol–water partition coefficient (Wildman–Crippen LogP) is 0.208. The molecule has 0 aliphatic carbocycles. The van der Waals surface area contributed by atoms with Gasteiger partial charge in [0, 0.05) is 6.54 Å². The number of carbonyl (C=O) groups is 1. The molecule has 0 heterocycles. The smallest absolute Gasteiger partial charge is 0.211 e. The Bertz CT molecular complexity index is 120. The molecule has 0 aromatic heterocycles. The molecule has 0 spiro atoms. The van der Waals surface area contributed by atoms with Gasteiger partial charge in [-0.25, -0.2) is 0 Å². The van der Waals surface area contributed by atoms with E-state index >= 15 is 0 Å². The van der Waals surface area contributed by atoms with E-state index < -0.39 is 0 Å². The summed E-state index contributed by atoms with van der Waals surface area (Å²) in [7, 11) is 5.11. The summed E-state index contributed by atoms with van der Waals surface area (Å²) in [5.74, 6) is -0.0752. The molecule has 12 heavy (non-hydrogen) atoms. The van der Waals surface area contributed by atoms with Crippen LogP contribution in [0.4, 0.5) is 0 Å². The topological polar surface area (TPSA) is 55.1 Å². The maximum absolute atomic E-state index is 10.6. The van der Waals surface area contributed by atoms with Crippen molar-refractivity contribution in [2.24, 2.45) is 5.73 Å². The summed E-state index contributed by atoms with van der Waals surface area (Å²) in [6, 6.07) is 0. The second kappa shape index (κ2) is 8.59. The van der Waals surface area contributed by atoms with E-state index in [1.54, 1.807) is 0 Å². The summed E-state index contributed by atoms with van der Waals surface area (Å²) in [6.45, 7) is 1.50. The molecule has 0 aliphatic rings. The minimum atomic E-state index is -0.0752. The molecule has 0 aromatic carbocycles. The number of nitrogens with two attached hydrogens (primary N) is 1. The Hall–Kier alpha value is -0.505. The Morgan fingerprint density at radius 1 is 1.25 bits per heavy atom.